The Hall–Kier alpha value is -2.10. The fourth-order valence-corrected chi connectivity index (χ4v) is 8.19. The fourth-order valence-electron chi connectivity index (χ4n) is 8.19. The van der Waals surface area contributed by atoms with Crippen molar-refractivity contribution in [3.63, 3.8) is 0 Å². The normalized spacial score (nSPS) is 39.0. The van der Waals surface area contributed by atoms with Gasteiger partial charge in [-0.2, -0.15) is 0 Å². The van der Waals surface area contributed by atoms with Gasteiger partial charge in [-0.3, -0.25) is 4.79 Å². The Morgan fingerprint density at radius 2 is 2.09 bits per heavy atom. The summed E-state index contributed by atoms with van der Waals surface area (Å²) in [5.74, 6) is 5.20. The Kier molecular flexibility index (Phi) is 5.93. The van der Waals surface area contributed by atoms with Crippen LogP contribution in [0.4, 0.5) is 0 Å². The van der Waals surface area contributed by atoms with Gasteiger partial charge in [0.15, 0.2) is 11.4 Å². The number of hydrogen-bond donors (Lipinski definition) is 2. The van der Waals surface area contributed by atoms with Gasteiger partial charge in [0.25, 0.3) is 0 Å². The monoisotopic (exact) mass is 465 g/mol. The molecule has 1 aromatic rings. The summed E-state index contributed by atoms with van der Waals surface area (Å²) in [6.07, 6.45) is 19.6. The molecule has 6 nitrogen and oxygen atoms in total. The van der Waals surface area contributed by atoms with E-state index >= 15 is 0 Å². The molecule has 4 aliphatic rings. The number of rotatable bonds is 6. The second kappa shape index (κ2) is 8.53. The van der Waals surface area contributed by atoms with E-state index in [0.29, 0.717) is 30.7 Å². The van der Waals surface area contributed by atoms with E-state index in [-0.39, 0.29) is 16.8 Å². The Morgan fingerprint density at radius 3 is 2.85 bits per heavy atom. The second-order valence-electron chi connectivity index (χ2n) is 11.7. The number of nitrogens with two attached hydrogens (primary N) is 2. The summed E-state index contributed by atoms with van der Waals surface area (Å²) in [4.78, 5) is 13.0. The molecule has 1 heterocycles. The maximum Gasteiger partial charge on any atom is 0.324 e. The van der Waals surface area contributed by atoms with Crippen LogP contribution in [0.25, 0.3) is 6.08 Å². The zero-order valence-corrected chi connectivity index (χ0v) is 20.6. The van der Waals surface area contributed by atoms with Crippen molar-refractivity contribution in [3.05, 3.63) is 23.1 Å². The van der Waals surface area contributed by atoms with Crippen LogP contribution in [0.1, 0.15) is 83.0 Å². The Balaban J connectivity index is 1.37. The van der Waals surface area contributed by atoms with Crippen LogP contribution in [0, 0.1) is 40.9 Å². The molecule has 0 saturated heterocycles. The molecule has 1 aromatic heterocycles. The molecule has 0 bridgehead atoms. The summed E-state index contributed by atoms with van der Waals surface area (Å²) in [7, 11) is 0. The number of allylic oxidation sites excluding steroid dienone is 1. The van der Waals surface area contributed by atoms with Gasteiger partial charge >= 0.3 is 5.97 Å². The van der Waals surface area contributed by atoms with Crippen LogP contribution >= 0.6 is 0 Å². The highest BCUT2D eigenvalue weighted by Crippen LogP contribution is 2.68. The van der Waals surface area contributed by atoms with Gasteiger partial charge in [0.2, 0.25) is 0 Å². The molecule has 0 spiro atoms. The summed E-state index contributed by atoms with van der Waals surface area (Å²) in [5.41, 5.74) is 13.6. The third-order valence-electron chi connectivity index (χ3n) is 10.2. The van der Waals surface area contributed by atoms with Gasteiger partial charge < -0.3 is 20.7 Å². The molecule has 3 fully saturated rings. The Bertz CT molecular complexity index is 1020. The maximum absolute atomic E-state index is 13.0. The molecule has 7 unspecified atom stereocenters. The number of carbonyl (C=O) groups excluding carboxylic acids is 1. The largest absolute Gasteiger partial charge is 0.444 e. The van der Waals surface area contributed by atoms with Crippen LogP contribution in [0.5, 0.6) is 0 Å². The number of hydrogen-bond acceptors (Lipinski definition) is 6. The predicted octanol–water partition coefficient (Wildman–Crippen LogP) is 4.23. The molecule has 4 N–H and O–H groups in total. The molecule has 0 aromatic carbocycles. The first-order valence-corrected chi connectivity index (χ1v) is 13.1. The number of ether oxygens (including phenoxy) is 1. The van der Waals surface area contributed by atoms with Crippen molar-refractivity contribution >= 4 is 12.0 Å². The third-order valence-corrected chi connectivity index (χ3v) is 10.2. The molecule has 0 amide bonds. The number of unbranched alkanes of at least 4 members (excludes halogenated alkanes) is 1. The number of carbonyl (C=O) groups is 1. The fraction of sp³-hybridized carbons (Fsp3) is 0.714. The third kappa shape index (κ3) is 3.38. The number of fused-ring (bicyclic) bond motifs is 6. The van der Waals surface area contributed by atoms with Crippen LogP contribution in [0.3, 0.4) is 0 Å². The van der Waals surface area contributed by atoms with Gasteiger partial charge in [-0.25, -0.2) is 0 Å². The molecule has 0 aliphatic heterocycles. The predicted molar refractivity (Wildman–Crippen MR) is 131 cm³/mol. The van der Waals surface area contributed by atoms with Crippen molar-refractivity contribution in [1.82, 2.24) is 5.16 Å². The molecule has 184 valence electrons. The van der Waals surface area contributed by atoms with Crippen molar-refractivity contribution in [2.75, 3.05) is 6.54 Å². The van der Waals surface area contributed by atoms with Crippen LogP contribution in [-0.4, -0.2) is 29.3 Å². The lowest BCUT2D eigenvalue weighted by Crippen LogP contribution is -2.56. The van der Waals surface area contributed by atoms with E-state index in [9.17, 15) is 4.79 Å². The van der Waals surface area contributed by atoms with Gasteiger partial charge in [0, 0.05) is 11.0 Å². The summed E-state index contributed by atoms with van der Waals surface area (Å²) in [6, 6.07) is -0.642. The first-order valence-electron chi connectivity index (χ1n) is 13.1. The van der Waals surface area contributed by atoms with Crippen LogP contribution < -0.4 is 11.5 Å². The number of aromatic nitrogens is 1. The first kappa shape index (κ1) is 23.6. The lowest BCUT2D eigenvalue weighted by atomic mass is 9.46. The highest BCUT2D eigenvalue weighted by molar-refractivity contribution is 5.76. The van der Waals surface area contributed by atoms with Gasteiger partial charge in [-0.05, 0) is 93.6 Å². The second-order valence-corrected chi connectivity index (χ2v) is 11.7. The Labute approximate surface area is 203 Å². The maximum atomic E-state index is 13.0. The van der Waals surface area contributed by atoms with Crippen LogP contribution in [0.2, 0.25) is 0 Å². The van der Waals surface area contributed by atoms with Gasteiger partial charge in [0.1, 0.15) is 6.04 Å². The average molecular weight is 466 g/mol. The van der Waals surface area contributed by atoms with Gasteiger partial charge in [-0.1, -0.05) is 36.9 Å². The number of nitrogens with zero attached hydrogens (tertiary/aromatic N) is 1. The van der Waals surface area contributed by atoms with Gasteiger partial charge in [0.05, 0.1) is 6.20 Å². The van der Waals surface area contributed by atoms with Crippen LogP contribution in [-0.2, 0) is 16.0 Å². The highest BCUT2D eigenvalue weighted by atomic mass is 16.6. The summed E-state index contributed by atoms with van der Waals surface area (Å²) in [6.45, 7) is 5.32. The van der Waals surface area contributed by atoms with Crippen molar-refractivity contribution in [2.24, 2.45) is 40.1 Å². The van der Waals surface area contributed by atoms with Crippen molar-refractivity contribution in [2.45, 2.75) is 89.7 Å². The van der Waals surface area contributed by atoms with Crippen molar-refractivity contribution < 1.29 is 14.1 Å². The van der Waals surface area contributed by atoms with Crippen molar-refractivity contribution in [3.8, 4) is 12.3 Å². The van der Waals surface area contributed by atoms with E-state index < -0.39 is 11.6 Å². The van der Waals surface area contributed by atoms with E-state index in [2.05, 4.69) is 31.0 Å². The minimum atomic E-state index is -0.865. The van der Waals surface area contributed by atoms with E-state index in [1.807, 2.05) is 6.20 Å². The lowest BCUT2D eigenvalue weighted by molar-refractivity contribution is -0.173. The standard InChI is InChI=1S/C28H39N3O3/c1-4-28(33-25(32)23(30)7-5-6-14-29)13-11-22-20-9-8-19-15-24-18(17-31-34-24)16-26(19,2)21(20)10-12-27(22,28)3/h1,15,17,20-23H,5-14,16,29-30H2,2-3H3. The quantitative estimate of drug-likeness (QED) is 0.370. The van der Waals surface area contributed by atoms with E-state index in [1.165, 1.54) is 11.1 Å². The molecular weight excluding hydrogens is 426 g/mol. The topological polar surface area (TPSA) is 104 Å². The Morgan fingerprint density at radius 1 is 1.29 bits per heavy atom. The molecule has 34 heavy (non-hydrogen) atoms. The summed E-state index contributed by atoms with van der Waals surface area (Å²) < 4.78 is 11.7. The molecule has 0 radical (unpaired) electrons. The number of esters is 1. The molecule has 5 rings (SSSR count). The molecule has 3 saturated carbocycles. The zero-order chi connectivity index (χ0) is 24.1. The van der Waals surface area contributed by atoms with Crippen molar-refractivity contribution in [1.29, 1.82) is 0 Å². The van der Waals surface area contributed by atoms with Gasteiger partial charge in [-0.15, -0.1) is 6.42 Å². The zero-order valence-electron chi connectivity index (χ0n) is 20.6. The molecule has 6 heteroatoms. The van der Waals surface area contributed by atoms with E-state index in [1.54, 1.807) is 0 Å². The first-order chi connectivity index (χ1) is 16.3. The summed E-state index contributed by atoms with van der Waals surface area (Å²) >= 11 is 0. The van der Waals surface area contributed by atoms with Crippen LogP contribution in [0.15, 0.2) is 16.3 Å². The van der Waals surface area contributed by atoms with E-state index in [0.717, 1.165) is 63.5 Å². The minimum absolute atomic E-state index is 0.131. The van der Waals surface area contributed by atoms with E-state index in [4.69, 9.17) is 27.2 Å². The number of terminal acetylenes is 1. The average Bonchev–Trinajstić information content (AvgIpc) is 3.38. The summed E-state index contributed by atoms with van der Waals surface area (Å²) in [5, 5.41) is 4.05. The minimum Gasteiger partial charge on any atom is -0.444 e. The highest BCUT2D eigenvalue weighted by Gasteiger charge is 2.66. The molecular formula is C28H39N3O3. The lowest BCUT2D eigenvalue weighted by Gasteiger charge is -2.58. The molecule has 4 aliphatic carbocycles. The molecule has 7 atom stereocenters. The smallest absolute Gasteiger partial charge is 0.324 e. The SMILES string of the molecule is C#CC1(OC(=O)C(N)CCCCN)CCC2C3CCC4=Cc5oncc5CC4(C)C3CCC21C.